The highest BCUT2D eigenvalue weighted by Crippen LogP contribution is 2.29. The molecule has 0 spiro atoms. The lowest BCUT2D eigenvalue weighted by Gasteiger charge is -2.24. The molecule has 1 atom stereocenters. The number of hydrogen-bond donors (Lipinski definition) is 4. The van der Waals surface area contributed by atoms with Gasteiger partial charge in [-0.2, -0.15) is 18.3 Å². The fourth-order valence-corrected chi connectivity index (χ4v) is 3.04. The van der Waals surface area contributed by atoms with Gasteiger partial charge in [0, 0.05) is 11.3 Å². The van der Waals surface area contributed by atoms with Crippen LogP contribution in [0.5, 0.6) is 5.75 Å². The monoisotopic (exact) mass is 466 g/mol. The first-order valence-corrected chi connectivity index (χ1v) is 9.46. The predicted octanol–water partition coefficient (Wildman–Crippen LogP) is 3.62. The van der Waals surface area contributed by atoms with E-state index in [2.05, 4.69) is 15.5 Å². The number of carboxylic acid groups (broad SMARTS) is 1. The molecule has 174 valence electrons. The number of halogens is 4. The number of carbonyl (C=O) groups excluding carboxylic acids is 1. The van der Waals surface area contributed by atoms with Gasteiger partial charge in [0.25, 0.3) is 0 Å². The van der Waals surface area contributed by atoms with Crippen molar-refractivity contribution in [2.75, 3.05) is 17.7 Å². The number of nitrogens with zero attached hydrogens (tertiary/aromatic N) is 1. The minimum atomic E-state index is -5.08. The number of ether oxygens (including phenoxy) is 1. The van der Waals surface area contributed by atoms with Crippen molar-refractivity contribution in [1.29, 1.82) is 0 Å². The van der Waals surface area contributed by atoms with E-state index in [0.29, 0.717) is 29.2 Å². The number of carbonyl (C=O) groups is 2. The summed E-state index contributed by atoms with van der Waals surface area (Å²) >= 11 is 0. The third-order valence-electron chi connectivity index (χ3n) is 4.67. The Morgan fingerprint density at radius 2 is 1.85 bits per heavy atom. The Bertz CT molecular complexity index is 1150. The molecule has 1 aliphatic rings. The first-order chi connectivity index (χ1) is 15.5. The van der Waals surface area contributed by atoms with Crippen LogP contribution in [0.3, 0.4) is 0 Å². The number of hydrogen-bond acceptors (Lipinski definition) is 5. The van der Waals surface area contributed by atoms with Crippen LogP contribution in [0.25, 0.3) is 11.1 Å². The summed E-state index contributed by atoms with van der Waals surface area (Å²) in [5.74, 6) is -2.48. The number of rotatable bonds is 3. The van der Waals surface area contributed by atoms with Gasteiger partial charge in [0.05, 0.1) is 12.1 Å². The summed E-state index contributed by atoms with van der Waals surface area (Å²) in [7, 11) is 0. The molecule has 33 heavy (non-hydrogen) atoms. The van der Waals surface area contributed by atoms with Gasteiger partial charge in [-0.1, -0.05) is 12.1 Å². The normalized spacial score (nSPS) is 14.8. The van der Waals surface area contributed by atoms with E-state index >= 15 is 0 Å². The van der Waals surface area contributed by atoms with Crippen molar-refractivity contribution in [1.82, 2.24) is 10.2 Å². The third kappa shape index (κ3) is 5.99. The minimum absolute atomic E-state index is 0.157. The van der Waals surface area contributed by atoms with E-state index in [-0.39, 0.29) is 24.2 Å². The average Bonchev–Trinajstić information content (AvgIpc) is 3.19. The van der Waals surface area contributed by atoms with Crippen molar-refractivity contribution in [3.63, 3.8) is 0 Å². The van der Waals surface area contributed by atoms with Gasteiger partial charge in [-0.3, -0.25) is 9.89 Å². The summed E-state index contributed by atoms with van der Waals surface area (Å²) in [5, 5.41) is 16.6. The largest absolute Gasteiger partial charge is 0.492 e. The first kappa shape index (κ1) is 23.6. The molecular weight excluding hydrogens is 448 g/mol. The van der Waals surface area contributed by atoms with Gasteiger partial charge in [0.15, 0.2) is 0 Å². The Morgan fingerprint density at radius 3 is 2.42 bits per heavy atom. The van der Waals surface area contributed by atoms with Gasteiger partial charge in [-0.15, -0.1) is 0 Å². The van der Waals surface area contributed by atoms with Crippen molar-refractivity contribution in [3.8, 4) is 16.9 Å². The highest BCUT2D eigenvalue weighted by molar-refractivity contribution is 5.93. The summed E-state index contributed by atoms with van der Waals surface area (Å²) < 4.78 is 50.7. The Labute approximate surface area is 184 Å². The number of nitrogens with one attached hydrogen (secondary N) is 2. The van der Waals surface area contributed by atoms with E-state index in [0.717, 1.165) is 11.1 Å². The quantitative estimate of drug-likeness (QED) is 0.436. The topological polar surface area (TPSA) is 130 Å². The Kier molecular flexibility index (Phi) is 6.85. The molecular formula is C21H18F4N4O4. The molecule has 12 heteroatoms. The number of carboxylic acids is 1. The van der Waals surface area contributed by atoms with Crippen LogP contribution in [-0.2, 0) is 16.0 Å². The molecule has 3 aromatic rings. The molecule has 1 amide bonds. The zero-order chi connectivity index (χ0) is 24.2. The Morgan fingerprint density at radius 1 is 1.18 bits per heavy atom. The fourth-order valence-electron chi connectivity index (χ4n) is 3.04. The number of anilines is 2. The first-order valence-electron chi connectivity index (χ1n) is 9.46. The predicted molar refractivity (Wildman–Crippen MR) is 110 cm³/mol. The van der Waals surface area contributed by atoms with Gasteiger partial charge in [-0.05, 0) is 47.9 Å². The van der Waals surface area contributed by atoms with E-state index in [9.17, 15) is 22.4 Å². The molecule has 0 bridgehead atoms. The number of benzene rings is 2. The molecule has 0 saturated heterocycles. The van der Waals surface area contributed by atoms with Crippen LogP contribution in [-0.4, -0.2) is 40.0 Å². The van der Waals surface area contributed by atoms with Crippen molar-refractivity contribution in [2.24, 2.45) is 5.92 Å². The number of nitrogen functional groups attached to an aromatic ring is 1. The van der Waals surface area contributed by atoms with Crippen molar-refractivity contribution in [2.45, 2.75) is 12.6 Å². The SMILES string of the molecule is Nc1[nH]ncc1-c1ccc(NC(=O)C2COc3ccc(F)cc3C2)cc1.O=C(O)C(F)(F)F. The molecule has 0 aliphatic carbocycles. The second-order valence-electron chi connectivity index (χ2n) is 7.03. The molecule has 1 unspecified atom stereocenters. The number of H-pyrrole nitrogens is 1. The lowest BCUT2D eigenvalue weighted by atomic mass is 9.96. The van der Waals surface area contributed by atoms with E-state index in [1.165, 1.54) is 12.1 Å². The van der Waals surface area contributed by atoms with Crippen LogP contribution >= 0.6 is 0 Å². The third-order valence-corrected chi connectivity index (χ3v) is 4.67. The molecule has 2 aromatic carbocycles. The summed E-state index contributed by atoms with van der Waals surface area (Å²) in [6.07, 6.45) is -2.98. The van der Waals surface area contributed by atoms with Crippen LogP contribution in [0.15, 0.2) is 48.7 Å². The molecule has 4 rings (SSSR count). The molecule has 0 saturated carbocycles. The van der Waals surface area contributed by atoms with Crippen molar-refractivity contribution < 1.29 is 37.0 Å². The molecule has 8 nitrogen and oxygen atoms in total. The minimum Gasteiger partial charge on any atom is -0.492 e. The maximum Gasteiger partial charge on any atom is 0.490 e. The Balaban J connectivity index is 0.000000383. The number of aliphatic carboxylic acids is 1. The second-order valence-corrected chi connectivity index (χ2v) is 7.03. The lowest BCUT2D eigenvalue weighted by molar-refractivity contribution is -0.192. The van der Waals surface area contributed by atoms with E-state index in [1.807, 2.05) is 12.1 Å². The number of nitrogens with two attached hydrogens (primary N) is 1. The standard InChI is InChI=1S/C19H17FN4O2.C2HF3O2/c20-14-3-6-17-12(8-14)7-13(10-26-17)19(25)23-15-4-1-11(2-5-15)16-9-22-24-18(16)21;3-2(4,5)1(6)7/h1-6,8-9,13H,7,10H2,(H,23,25)(H3,21,22,24);(H,6,7). The van der Waals surface area contributed by atoms with Gasteiger partial charge >= 0.3 is 12.1 Å². The lowest BCUT2D eigenvalue weighted by Crippen LogP contribution is -2.32. The highest BCUT2D eigenvalue weighted by Gasteiger charge is 2.38. The number of aromatic amines is 1. The van der Waals surface area contributed by atoms with Crippen LogP contribution in [0.1, 0.15) is 5.56 Å². The molecule has 1 aromatic heterocycles. The summed E-state index contributed by atoms with van der Waals surface area (Å²) in [4.78, 5) is 21.4. The summed E-state index contributed by atoms with van der Waals surface area (Å²) in [6, 6.07) is 11.7. The van der Waals surface area contributed by atoms with E-state index < -0.39 is 12.1 Å². The van der Waals surface area contributed by atoms with Gasteiger partial charge in [0.1, 0.15) is 24.0 Å². The van der Waals surface area contributed by atoms with Gasteiger partial charge in [0.2, 0.25) is 5.91 Å². The molecule has 0 fully saturated rings. The maximum absolute atomic E-state index is 13.4. The van der Waals surface area contributed by atoms with Crippen LogP contribution in [0, 0.1) is 11.7 Å². The maximum atomic E-state index is 13.4. The van der Waals surface area contributed by atoms with Gasteiger partial charge < -0.3 is 20.9 Å². The van der Waals surface area contributed by atoms with Crippen LogP contribution in [0.2, 0.25) is 0 Å². The van der Waals surface area contributed by atoms with E-state index in [1.54, 1.807) is 24.4 Å². The number of amides is 1. The molecule has 2 heterocycles. The summed E-state index contributed by atoms with van der Waals surface area (Å²) in [6.45, 7) is 0.272. The average molecular weight is 466 g/mol. The fraction of sp³-hybridized carbons (Fsp3) is 0.190. The van der Waals surface area contributed by atoms with E-state index in [4.69, 9.17) is 20.4 Å². The summed E-state index contributed by atoms with van der Waals surface area (Å²) in [5.41, 5.74) is 8.90. The second kappa shape index (κ2) is 9.59. The Hall–Kier alpha value is -4.09. The number of fused-ring (bicyclic) bond motifs is 1. The van der Waals surface area contributed by atoms with Crippen molar-refractivity contribution in [3.05, 3.63) is 60.0 Å². The highest BCUT2D eigenvalue weighted by atomic mass is 19.4. The zero-order valence-corrected chi connectivity index (χ0v) is 16.8. The molecule has 5 N–H and O–H groups in total. The number of alkyl halides is 3. The van der Waals surface area contributed by atoms with Crippen LogP contribution in [0.4, 0.5) is 29.1 Å². The number of aromatic nitrogens is 2. The zero-order valence-electron chi connectivity index (χ0n) is 16.8. The van der Waals surface area contributed by atoms with Gasteiger partial charge in [-0.25, -0.2) is 9.18 Å². The molecule has 1 aliphatic heterocycles. The van der Waals surface area contributed by atoms with Crippen molar-refractivity contribution >= 4 is 23.4 Å². The molecule has 0 radical (unpaired) electrons. The van der Waals surface area contributed by atoms with Crippen LogP contribution < -0.4 is 15.8 Å². The smallest absolute Gasteiger partial charge is 0.490 e.